The zero-order valence-electron chi connectivity index (χ0n) is 10.2. The number of rotatable bonds is 1. The van der Waals surface area contributed by atoms with Crippen LogP contribution in [0.25, 0.3) is 22.2 Å². The maximum absolute atomic E-state index is 11.0. The molecule has 3 aromatic rings. The second-order valence-corrected chi connectivity index (χ2v) is 4.32. The number of benzene rings is 2. The van der Waals surface area contributed by atoms with E-state index in [4.69, 9.17) is 5.11 Å². The van der Waals surface area contributed by atoms with Crippen molar-refractivity contribution >= 4 is 17.1 Å². The maximum Gasteiger partial charge on any atom is 0.434 e. The van der Waals surface area contributed by atoms with Crippen LogP contribution in [-0.2, 0) is 0 Å². The molecule has 0 atom stereocenters. The summed E-state index contributed by atoms with van der Waals surface area (Å²) in [6, 6.07) is 13.4. The highest BCUT2D eigenvalue weighted by Crippen LogP contribution is 2.27. The average molecular weight is 253 g/mol. The van der Waals surface area contributed by atoms with E-state index in [9.17, 15) is 4.79 Å². The Morgan fingerprint density at radius 1 is 1.16 bits per heavy atom. The molecule has 5 heteroatoms. The lowest BCUT2D eigenvalue weighted by molar-refractivity contribution is 0.193. The third-order valence-corrected chi connectivity index (χ3v) is 3.02. The van der Waals surface area contributed by atoms with Gasteiger partial charge < -0.3 is 5.11 Å². The van der Waals surface area contributed by atoms with E-state index in [0.29, 0.717) is 11.0 Å². The van der Waals surface area contributed by atoms with E-state index in [1.54, 1.807) is 12.1 Å². The lowest BCUT2D eigenvalue weighted by atomic mass is 10.0. The molecule has 0 bridgehead atoms. The van der Waals surface area contributed by atoms with Gasteiger partial charge in [-0.2, -0.15) is 0 Å². The third kappa shape index (κ3) is 1.85. The maximum atomic E-state index is 11.0. The van der Waals surface area contributed by atoms with Gasteiger partial charge >= 0.3 is 6.09 Å². The van der Waals surface area contributed by atoms with Gasteiger partial charge in [-0.15, -0.1) is 9.78 Å². The lowest BCUT2D eigenvalue weighted by Crippen LogP contribution is -2.09. The first kappa shape index (κ1) is 11.4. The minimum absolute atomic E-state index is 0.491. The lowest BCUT2D eigenvalue weighted by Gasteiger charge is -2.03. The van der Waals surface area contributed by atoms with Crippen molar-refractivity contribution in [1.29, 1.82) is 0 Å². The summed E-state index contributed by atoms with van der Waals surface area (Å²) in [7, 11) is 0. The fourth-order valence-corrected chi connectivity index (χ4v) is 2.05. The number of aryl methyl sites for hydroxylation is 1. The molecule has 0 amide bonds. The van der Waals surface area contributed by atoms with Crippen molar-refractivity contribution in [2.45, 2.75) is 6.92 Å². The number of aromatic nitrogens is 3. The Morgan fingerprint density at radius 3 is 2.58 bits per heavy atom. The van der Waals surface area contributed by atoms with Crippen LogP contribution in [0.2, 0.25) is 0 Å². The topological polar surface area (TPSA) is 68.0 Å². The number of carboxylic acid groups (broad SMARTS) is 1. The molecule has 0 fully saturated rings. The molecule has 94 valence electrons. The average Bonchev–Trinajstić information content (AvgIpc) is 2.83. The van der Waals surface area contributed by atoms with E-state index in [-0.39, 0.29) is 0 Å². The Morgan fingerprint density at radius 2 is 1.89 bits per heavy atom. The molecular formula is C14H11N3O2. The zero-order valence-corrected chi connectivity index (χ0v) is 10.2. The molecule has 0 radical (unpaired) electrons. The van der Waals surface area contributed by atoms with Gasteiger partial charge in [0.15, 0.2) is 0 Å². The highest BCUT2D eigenvalue weighted by atomic mass is 16.4. The molecule has 19 heavy (non-hydrogen) atoms. The summed E-state index contributed by atoms with van der Waals surface area (Å²) < 4.78 is 0.882. The van der Waals surface area contributed by atoms with Crippen molar-refractivity contribution in [3.05, 3.63) is 48.0 Å². The minimum atomic E-state index is -1.14. The van der Waals surface area contributed by atoms with Gasteiger partial charge in [-0.1, -0.05) is 47.2 Å². The number of nitrogens with zero attached hydrogens (tertiary/aromatic N) is 3. The van der Waals surface area contributed by atoms with Crippen LogP contribution in [0.3, 0.4) is 0 Å². The van der Waals surface area contributed by atoms with Gasteiger partial charge in [-0.25, -0.2) is 4.79 Å². The molecule has 2 aromatic carbocycles. The summed E-state index contributed by atoms with van der Waals surface area (Å²) in [5, 5.41) is 16.7. The van der Waals surface area contributed by atoms with Crippen molar-refractivity contribution in [2.24, 2.45) is 0 Å². The van der Waals surface area contributed by atoms with Crippen LogP contribution in [0.1, 0.15) is 5.56 Å². The van der Waals surface area contributed by atoms with E-state index in [1.807, 2.05) is 37.3 Å². The molecule has 0 saturated carbocycles. The molecule has 0 spiro atoms. The molecule has 1 N–H and O–H groups in total. The predicted octanol–water partition coefficient (Wildman–Crippen LogP) is 2.93. The number of carbonyl (C=O) groups is 1. The van der Waals surface area contributed by atoms with Crippen LogP contribution in [0.4, 0.5) is 4.79 Å². The molecule has 0 saturated heterocycles. The molecule has 1 heterocycles. The highest BCUT2D eigenvalue weighted by molar-refractivity contribution is 5.94. The molecule has 3 rings (SSSR count). The van der Waals surface area contributed by atoms with Gasteiger partial charge in [0.05, 0.1) is 0 Å². The van der Waals surface area contributed by atoms with Gasteiger partial charge in [0.1, 0.15) is 11.0 Å². The molecule has 0 unspecified atom stereocenters. The van der Waals surface area contributed by atoms with Gasteiger partial charge in [-0.05, 0) is 18.6 Å². The summed E-state index contributed by atoms with van der Waals surface area (Å²) in [6.07, 6.45) is -1.14. The van der Waals surface area contributed by atoms with Gasteiger partial charge in [-0.3, -0.25) is 0 Å². The minimum Gasteiger partial charge on any atom is -0.463 e. The molecule has 0 aliphatic carbocycles. The number of hydrogen-bond donors (Lipinski definition) is 1. The largest absolute Gasteiger partial charge is 0.463 e. The van der Waals surface area contributed by atoms with Crippen LogP contribution in [0, 0.1) is 6.92 Å². The smallest absolute Gasteiger partial charge is 0.434 e. The summed E-state index contributed by atoms with van der Waals surface area (Å²) in [5.41, 5.74) is 4.13. The Labute approximate surface area is 109 Å². The zero-order chi connectivity index (χ0) is 13.4. The predicted molar refractivity (Wildman–Crippen MR) is 71.1 cm³/mol. The summed E-state index contributed by atoms with van der Waals surface area (Å²) >= 11 is 0. The van der Waals surface area contributed by atoms with Crippen LogP contribution >= 0.6 is 0 Å². The van der Waals surface area contributed by atoms with E-state index < -0.39 is 6.09 Å². The molecule has 5 nitrogen and oxygen atoms in total. The van der Waals surface area contributed by atoms with E-state index in [0.717, 1.165) is 15.8 Å². The fraction of sp³-hybridized carbons (Fsp3) is 0.0714. The van der Waals surface area contributed by atoms with Gasteiger partial charge in [0.25, 0.3) is 0 Å². The van der Waals surface area contributed by atoms with Crippen LogP contribution in [0.5, 0.6) is 0 Å². The van der Waals surface area contributed by atoms with Crippen molar-refractivity contribution in [3.8, 4) is 11.1 Å². The number of fused-ring (bicyclic) bond motifs is 1. The first-order chi connectivity index (χ1) is 9.16. The van der Waals surface area contributed by atoms with Crippen LogP contribution in [-0.4, -0.2) is 26.2 Å². The monoisotopic (exact) mass is 253 g/mol. The van der Waals surface area contributed by atoms with Crippen LogP contribution in [0.15, 0.2) is 42.5 Å². The Hall–Kier alpha value is -2.69. The van der Waals surface area contributed by atoms with Crippen molar-refractivity contribution in [1.82, 2.24) is 15.0 Å². The molecule has 1 aromatic heterocycles. The highest BCUT2D eigenvalue weighted by Gasteiger charge is 2.13. The standard InChI is InChI=1S/C14H11N3O2/c1-9-5-7-10(8-6-9)11-3-2-4-12-13(11)15-16-17(12)14(18)19/h2-8H,1H3,(H,18,19). The SMILES string of the molecule is Cc1ccc(-c2cccc3c2nnn3C(=O)O)cc1. The summed E-state index contributed by atoms with van der Waals surface area (Å²) in [6.45, 7) is 2.02. The first-order valence-corrected chi connectivity index (χ1v) is 5.81. The Balaban J connectivity index is 2.25. The molecule has 0 aliphatic rings. The fourth-order valence-electron chi connectivity index (χ4n) is 2.05. The first-order valence-electron chi connectivity index (χ1n) is 5.81. The second-order valence-electron chi connectivity index (χ2n) is 4.32. The van der Waals surface area contributed by atoms with Gasteiger partial charge in [0.2, 0.25) is 0 Å². The number of hydrogen-bond acceptors (Lipinski definition) is 3. The summed E-state index contributed by atoms with van der Waals surface area (Å²) in [4.78, 5) is 11.0. The van der Waals surface area contributed by atoms with Gasteiger partial charge in [0, 0.05) is 5.56 Å². The van der Waals surface area contributed by atoms with Crippen molar-refractivity contribution < 1.29 is 9.90 Å². The van der Waals surface area contributed by atoms with Crippen molar-refractivity contribution in [3.63, 3.8) is 0 Å². The Bertz CT molecular complexity index is 760. The van der Waals surface area contributed by atoms with E-state index in [2.05, 4.69) is 10.3 Å². The van der Waals surface area contributed by atoms with E-state index >= 15 is 0 Å². The third-order valence-electron chi connectivity index (χ3n) is 3.02. The normalized spacial score (nSPS) is 10.8. The second kappa shape index (κ2) is 4.20. The van der Waals surface area contributed by atoms with Crippen LogP contribution < -0.4 is 0 Å². The van der Waals surface area contributed by atoms with Crippen molar-refractivity contribution in [2.75, 3.05) is 0 Å². The van der Waals surface area contributed by atoms with E-state index in [1.165, 1.54) is 5.56 Å². The molecular weight excluding hydrogens is 242 g/mol. The quantitative estimate of drug-likeness (QED) is 0.724. The summed E-state index contributed by atoms with van der Waals surface area (Å²) in [5.74, 6) is 0. The Kier molecular flexibility index (Phi) is 2.52. The molecule has 0 aliphatic heterocycles.